The lowest BCUT2D eigenvalue weighted by molar-refractivity contribution is 0.201. The molecule has 2 heteroatoms. The van der Waals surface area contributed by atoms with Crippen molar-refractivity contribution < 1.29 is 4.74 Å². The molecule has 0 aromatic heterocycles. The van der Waals surface area contributed by atoms with Crippen LogP contribution in [0.2, 0.25) is 0 Å². The van der Waals surface area contributed by atoms with Gasteiger partial charge in [0.05, 0.1) is 0 Å². The smallest absolute Gasteiger partial charge is 0.123 e. The molecule has 0 aliphatic carbocycles. The monoisotopic (exact) mass is 255 g/mol. The summed E-state index contributed by atoms with van der Waals surface area (Å²) in [5.74, 6) is 0.838. The van der Waals surface area contributed by atoms with E-state index in [1.165, 1.54) is 11.1 Å². The highest BCUT2D eigenvalue weighted by atomic mass is 16.5. The minimum atomic E-state index is 0.0769. The number of benzene rings is 2. The quantitative estimate of drug-likeness (QED) is 0.806. The molecule has 100 valence electrons. The lowest BCUT2D eigenvalue weighted by Gasteiger charge is -2.18. The maximum absolute atomic E-state index is 6.05. The second-order valence-electron chi connectivity index (χ2n) is 4.64. The summed E-state index contributed by atoms with van der Waals surface area (Å²) in [7, 11) is 0. The summed E-state index contributed by atoms with van der Waals surface area (Å²) in [5, 5.41) is 0. The third kappa shape index (κ3) is 3.28. The minimum Gasteiger partial charge on any atom is -0.486 e. The van der Waals surface area contributed by atoms with Crippen LogP contribution >= 0.6 is 0 Å². The first-order chi connectivity index (χ1) is 9.24. The zero-order valence-electron chi connectivity index (χ0n) is 11.6. The van der Waals surface area contributed by atoms with Crippen LogP contribution in [-0.2, 0) is 6.42 Å². The van der Waals surface area contributed by atoms with E-state index >= 15 is 0 Å². The highest BCUT2D eigenvalue weighted by molar-refractivity contribution is 5.51. The maximum atomic E-state index is 6.05. The van der Waals surface area contributed by atoms with Gasteiger partial charge in [-0.2, -0.15) is 0 Å². The first-order valence-electron chi connectivity index (χ1n) is 6.84. The topological polar surface area (TPSA) is 35.2 Å². The Labute approximate surface area is 115 Å². The van der Waals surface area contributed by atoms with Gasteiger partial charge in [0.25, 0.3) is 0 Å². The second-order valence-corrected chi connectivity index (χ2v) is 4.64. The summed E-state index contributed by atoms with van der Waals surface area (Å²) in [6.45, 7) is 4.23. The van der Waals surface area contributed by atoms with Crippen molar-refractivity contribution in [3.63, 3.8) is 0 Å². The molecule has 2 rings (SSSR count). The van der Waals surface area contributed by atoms with E-state index in [0.29, 0.717) is 0 Å². The molecule has 2 N–H and O–H groups in total. The number of anilines is 1. The summed E-state index contributed by atoms with van der Waals surface area (Å²) in [6, 6.07) is 16.2. The Bertz CT molecular complexity index is 522. The van der Waals surface area contributed by atoms with E-state index < -0.39 is 0 Å². The molecule has 1 unspecified atom stereocenters. The second kappa shape index (κ2) is 6.28. The van der Waals surface area contributed by atoms with Gasteiger partial charge in [-0.05, 0) is 30.0 Å². The van der Waals surface area contributed by atoms with Crippen LogP contribution in [0.4, 0.5) is 5.69 Å². The Hall–Kier alpha value is -1.96. The van der Waals surface area contributed by atoms with E-state index in [1.807, 2.05) is 36.4 Å². The van der Waals surface area contributed by atoms with Crippen LogP contribution in [0.3, 0.4) is 0 Å². The third-order valence-electron chi connectivity index (χ3n) is 3.32. The fraction of sp³-hybridized carbons (Fsp3) is 0.294. The van der Waals surface area contributed by atoms with Crippen molar-refractivity contribution in [3.8, 4) is 5.75 Å². The van der Waals surface area contributed by atoms with Crippen LogP contribution in [0.15, 0.2) is 48.5 Å². The average molecular weight is 255 g/mol. The van der Waals surface area contributed by atoms with Crippen molar-refractivity contribution in [2.75, 3.05) is 5.73 Å². The van der Waals surface area contributed by atoms with E-state index in [0.717, 1.165) is 24.3 Å². The third-order valence-corrected chi connectivity index (χ3v) is 3.32. The summed E-state index contributed by atoms with van der Waals surface area (Å²) in [6.07, 6.45) is 1.95. The van der Waals surface area contributed by atoms with Crippen molar-refractivity contribution in [1.29, 1.82) is 0 Å². The maximum Gasteiger partial charge on any atom is 0.123 e. The molecule has 0 bridgehead atoms. The number of rotatable bonds is 5. The van der Waals surface area contributed by atoms with Crippen LogP contribution < -0.4 is 10.5 Å². The lowest BCUT2D eigenvalue weighted by atomic mass is 10.1. The van der Waals surface area contributed by atoms with Crippen molar-refractivity contribution >= 4 is 5.69 Å². The van der Waals surface area contributed by atoms with Gasteiger partial charge in [-0.15, -0.1) is 0 Å². The first kappa shape index (κ1) is 13.5. The lowest BCUT2D eigenvalue weighted by Crippen LogP contribution is -2.06. The van der Waals surface area contributed by atoms with Crippen molar-refractivity contribution in [1.82, 2.24) is 0 Å². The number of hydrogen-bond acceptors (Lipinski definition) is 2. The predicted octanol–water partition coefficient (Wildman–Crippen LogP) is 4.36. The number of aryl methyl sites for hydroxylation is 1. The Kier molecular flexibility index (Phi) is 4.45. The molecule has 0 heterocycles. The van der Waals surface area contributed by atoms with E-state index in [1.54, 1.807) is 0 Å². The van der Waals surface area contributed by atoms with Gasteiger partial charge in [0.15, 0.2) is 0 Å². The summed E-state index contributed by atoms with van der Waals surface area (Å²) < 4.78 is 6.05. The molecule has 19 heavy (non-hydrogen) atoms. The zero-order valence-corrected chi connectivity index (χ0v) is 11.6. The SMILES string of the molecule is CCc1ccc(OC(CC)c2ccccc2)cc1N. The molecule has 2 nitrogen and oxygen atoms in total. The summed E-state index contributed by atoms with van der Waals surface area (Å²) >= 11 is 0. The van der Waals surface area contributed by atoms with E-state index in [2.05, 4.69) is 26.0 Å². The minimum absolute atomic E-state index is 0.0769. The molecule has 2 aromatic carbocycles. The van der Waals surface area contributed by atoms with Crippen LogP contribution in [0.5, 0.6) is 5.75 Å². The van der Waals surface area contributed by atoms with Gasteiger partial charge < -0.3 is 10.5 Å². The van der Waals surface area contributed by atoms with Crippen LogP contribution in [0.25, 0.3) is 0 Å². The fourth-order valence-electron chi connectivity index (χ4n) is 2.19. The molecule has 0 spiro atoms. The molecule has 0 aliphatic heterocycles. The van der Waals surface area contributed by atoms with Crippen molar-refractivity contribution in [2.24, 2.45) is 0 Å². The Balaban J connectivity index is 2.17. The highest BCUT2D eigenvalue weighted by Crippen LogP contribution is 2.27. The molecule has 2 aromatic rings. The summed E-state index contributed by atoms with van der Waals surface area (Å²) in [4.78, 5) is 0. The van der Waals surface area contributed by atoms with E-state index in [9.17, 15) is 0 Å². The van der Waals surface area contributed by atoms with E-state index in [-0.39, 0.29) is 6.10 Å². The molecule has 1 atom stereocenters. The van der Waals surface area contributed by atoms with Crippen LogP contribution in [0.1, 0.15) is 37.5 Å². The largest absolute Gasteiger partial charge is 0.486 e. The Morgan fingerprint density at radius 3 is 2.37 bits per heavy atom. The first-order valence-corrected chi connectivity index (χ1v) is 6.84. The van der Waals surface area contributed by atoms with Gasteiger partial charge in [-0.3, -0.25) is 0 Å². The number of hydrogen-bond donors (Lipinski definition) is 1. The number of ether oxygens (including phenoxy) is 1. The average Bonchev–Trinajstić information content (AvgIpc) is 2.46. The van der Waals surface area contributed by atoms with Gasteiger partial charge in [0, 0.05) is 11.8 Å². The van der Waals surface area contributed by atoms with Crippen LogP contribution in [-0.4, -0.2) is 0 Å². The molecular weight excluding hydrogens is 234 g/mol. The molecule has 0 radical (unpaired) electrons. The molecular formula is C17H21NO. The fourth-order valence-corrected chi connectivity index (χ4v) is 2.19. The van der Waals surface area contributed by atoms with Crippen molar-refractivity contribution in [2.45, 2.75) is 32.8 Å². The predicted molar refractivity (Wildman–Crippen MR) is 80.3 cm³/mol. The van der Waals surface area contributed by atoms with Crippen LogP contribution in [0, 0.1) is 0 Å². The summed E-state index contributed by atoms with van der Waals surface area (Å²) in [5.41, 5.74) is 9.18. The van der Waals surface area contributed by atoms with Gasteiger partial charge >= 0.3 is 0 Å². The normalized spacial score (nSPS) is 12.1. The molecule has 0 aliphatic rings. The van der Waals surface area contributed by atoms with Gasteiger partial charge in [-0.25, -0.2) is 0 Å². The molecule has 0 saturated carbocycles. The van der Waals surface area contributed by atoms with Gasteiger partial charge in [0.2, 0.25) is 0 Å². The van der Waals surface area contributed by atoms with Gasteiger partial charge in [0.1, 0.15) is 11.9 Å². The standard InChI is InChI=1S/C17H21NO/c1-3-13-10-11-15(12-16(13)18)19-17(4-2)14-8-6-5-7-9-14/h5-12,17H,3-4,18H2,1-2H3. The number of nitrogen functional groups attached to an aromatic ring is 1. The highest BCUT2D eigenvalue weighted by Gasteiger charge is 2.11. The molecule has 0 fully saturated rings. The van der Waals surface area contributed by atoms with Crippen molar-refractivity contribution in [3.05, 3.63) is 59.7 Å². The molecule has 0 saturated heterocycles. The van der Waals surface area contributed by atoms with Gasteiger partial charge in [-0.1, -0.05) is 50.2 Å². The Morgan fingerprint density at radius 2 is 1.79 bits per heavy atom. The Morgan fingerprint density at radius 1 is 1.05 bits per heavy atom. The van der Waals surface area contributed by atoms with E-state index in [4.69, 9.17) is 10.5 Å². The number of nitrogens with two attached hydrogens (primary N) is 1. The molecule has 0 amide bonds. The zero-order chi connectivity index (χ0) is 13.7.